The topological polar surface area (TPSA) is 82.6 Å². The van der Waals surface area contributed by atoms with Gasteiger partial charge < -0.3 is 4.90 Å². The summed E-state index contributed by atoms with van der Waals surface area (Å²) in [6.07, 6.45) is 3.10. The number of likely N-dealkylation sites (N-methyl/N-ethyl adjacent to an activating group) is 1. The minimum atomic E-state index is -3.56. The molecule has 1 fully saturated rings. The normalized spacial score (nSPS) is 16.2. The SMILES string of the molecule is CN1CCN(S(=O)(=O)c2ccc3nc(NC(=O)/C=C/c4ccc(Cl)cc4)sc3c2)CC1. The van der Waals surface area contributed by atoms with Crippen molar-refractivity contribution >= 4 is 60.3 Å². The number of amides is 1. The van der Waals surface area contributed by atoms with Gasteiger partial charge in [0.2, 0.25) is 15.9 Å². The number of anilines is 1. The quantitative estimate of drug-likeness (QED) is 0.569. The zero-order valence-electron chi connectivity index (χ0n) is 16.8. The van der Waals surface area contributed by atoms with Gasteiger partial charge in [0.1, 0.15) is 0 Å². The van der Waals surface area contributed by atoms with Crippen LogP contribution < -0.4 is 5.32 Å². The fourth-order valence-corrected chi connectivity index (χ4v) is 5.75. The molecule has 1 N–H and O–H groups in total. The van der Waals surface area contributed by atoms with Crippen molar-refractivity contribution in [1.82, 2.24) is 14.2 Å². The molecule has 0 bridgehead atoms. The average molecular weight is 477 g/mol. The monoisotopic (exact) mass is 476 g/mol. The van der Waals surface area contributed by atoms with Crippen LogP contribution in [0.15, 0.2) is 53.4 Å². The molecule has 0 aliphatic carbocycles. The molecule has 1 aliphatic heterocycles. The van der Waals surface area contributed by atoms with Gasteiger partial charge in [-0.1, -0.05) is 35.1 Å². The number of rotatable bonds is 5. The Hall–Kier alpha value is -2.30. The van der Waals surface area contributed by atoms with Crippen LogP contribution in [0.3, 0.4) is 0 Å². The van der Waals surface area contributed by atoms with E-state index in [0.29, 0.717) is 46.5 Å². The molecule has 1 aromatic heterocycles. The molecule has 3 aromatic rings. The van der Waals surface area contributed by atoms with Crippen molar-refractivity contribution in [1.29, 1.82) is 0 Å². The summed E-state index contributed by atoms with van der Waals surface area (Å²) in [4.78, 5) is 19.0. The molecule has 162 valence electrons. The molecule has 0 spiro atoms. The van der Waals surface area contributed by atoms with Gasteiger partial charge in [-0.25, -0.2) is 13.4 Å². The second-order valence-electron chi connectivity index (χ2n) is 7.23. The Kier molecular flexibility index (Phi) is 6.40. The number of sulfonamides is 1. The maximum absolute atomic E-state index is 13.0. The third kappa shape index (κ3) is 5.13. The number of thiazole rings is 1. The highest BCUT2D eigenvalue weighted by Gasteiger charge is 2.27. The predicted molar refractivity (Wildman–Crippen MR) is 125 cm³/mol. The largest absolute Gasteiger partial charge is 0.304 e. The lowest BCUT2D eigenvalue weighted by Crippen LogP contribution is -2.46. The molecule has 1 amide bonds. The van der Waals surface area contributed by atoms with E-state index in [-0.39, 0.29) is 10.8 Å². The van der Waals surface area contributed by atoms with Gasteiger partial charge in [0.25, 0.3) is 0 Å². The van der Waals surface area contributed by atoms with Crippen molar-refractivity contribution < 1.29 is 13.2 Å². The third-order valence-electron chi connectivity index (χ3n) is 4.99. The van der Waals surface area contributed by atoms with Gasteiger partial charge in [-0.15, -0.1) is 0 Å². The van der Waals surface area contributed by atoms with Crippen LogP contribution in [-0.2, 0) is 14.8 Å². The lowest BCUT2D eigenvalue weighted by molar-refractivity contribution is -0.111. The highest BCUT2D eigenvalue weighted by atomic mass is 35.5. The summed E-state index contributed by atoms with van der Waals surface area (Å²) in [7, 11) is -1.58. The smallest absolute Gasteiger partial charge is 0.250 e. The van der Waals surface area contributed by atoms with Crippen molar-refractivity contribution in [2.45, 2.75) is 4.90 Å². The molecule has 10 heteroatoms. The zero-order chi connectivity index (χ0) is 22.0. The predicted octanol–water partition coefficient (Wildman–Crippen LogP) is 3.54. The number of hydrogen-bond donors (Lipinski definition) is 1. The summed E-state index contributed by atoms with van der Waals surface area (Å²) in [5.41, 5.74) is 1.49. The molecule has 31 heavy (non-hydrogen) atoms. The Morgan fingerprint density at radius 3 is 2.55 bits per heavy atom. The van der Waals surface area contributed by atoms with Gasteiger partial charge in [-0.05, 0) is 49.0 Å². The van der Waals surface area contributed by atoms with Crippen LogP contribution in [0.25, 0.3) is 16.3 Å². The van der Waals surface area contributed by atoms with Crippen LogP contribution in [0.2, 0.25) is 5.02 Å². The molecule has 0 radical (unpaired) electrons. The molecular formula is C21H21ClN4O3S2. The zero-order valence-corrected chi connectivity index (χ0v) is 19.2. The van der Waals surface area contributed by atoms with E-state index >= 15 is 0 Å². The first kappa shape index (κ1) is 21.9. The lowest BCUT2D eigenvalue weighted by Gasteiger charge is -2.31. The summed E-state index contributed by atoms with van der Waals surface area (Å²) < 4.78 is 28.1. The molecule has 0 unspecified atom stereocenters. The van der Waals surface area contributed by atoms with Crippen LogP contribution >= 0.6 is 22.9 Å². The standard InChI is InChI=1S/C21H21ClN4O3S2/c1-25-10-12-26(13-11-25)31(28,29)17-7-8-18-19(14-17)30-21(23-18)24-20(27)9-4-15-2-5-16(22)6-3-15/h2-9,14H,10-13H2,1H3,(H,23,24,27)/b9-4+. The van der Waals surface area contributed by atoms with Crippen molar-refractivity contribution in [3.05, 3.63) is 59.1 Å². The van der Waals surface area contributed by atoms with Crippen molar-refractivity contribution in [3.63, 3.8) is 0 Å². The highest BCUT2D eigenvalue weighted by molar-refractivity contribution is 7.89. The minimum Gasteiger partial charge on any atom is -0.304 e. The lowest BCUT2D eigenvalue weighted by atomic mass is 10.2. The molecule has 2 aromatic carbocycles. The number of fused-ring (bicyclic) bond motifs is 1. The van der Waals surface area contributed by atoms with E-state index in [0.717, 1.165) is 5.56 Å². The van der Waals surface area contributed by atoms with E-state index in [1.54, 1.807) is 36.4 Å². The van der Waals surface area contributed by atoms with E-state index < -0.39 is 10.0 Å². The second-order valence-corrected chi connectivity index (χ2v) is 10.6. The van der Waals surface area contributed by atoms with Gasteiger partial charge in [-0.3, -0.25) is 10.1 Å². The molecule has 1 saturated heterocycles. The number of aromatic nitrogens is 1. The Morgan fingerprint density at radius 1 is 1.13 bits per heavy atom. The second kappa shape index (κ2) is 9.05. The van der Waals surface area contributed by atoms with Crippen LogP contribution in [0, 0.1) is 0 Å². The van der Waals surface area contributed by atoms with Gasteiger partial charge in [0, 0.05) is 37.3 Å². The molecule has 1 aliphatic rings. The summed E-state index contributed by atoms with van der Waals surface area (Å²) in [5.74, 6) is -0.320. The van der Waals surface area contributed by atoms with E-state index in [9.17, 15) is 13.2 Å². The number of nitrogens with zero attached hydrogens (tertiary/aromatic N) is 3. The fraction of sp³-hybridized carbons (Fsp3) is 0.238. The minimum absolute atomic E-state index is 0.244. The third-order valence-corrected chi connectivity index (χ3v) is 8.07. The van der Waals surface area contributed by atoms with Gasteiger partial charge in [0.15, 0.2) is 5.13 Å². The number of benzene rings is 2. The molecule has 0 saturated carbocycles. The van der Waals surface area contributed by atoms with E-state index in [1.165, 1.54) is 21.7 Å². The fourth-order valence-electron chi connectivity index (χ4n) is 3.19. The first-order chi connectivity index (χ1) is 14.8. The molecule has 0 atom stereocenters. The Labute approximate surface area is 190 Å². The number of hydrogen-bond acceptors (Lipinski definition) is 6. The summed E-state index contributed by atoms with van der Waals surface area (Å²) in [5, 5.41) is 3.77. The van der Waals surface area contributed by atoms with Crippen LogP contribution in [0.5, 0.6) is 0 Å². The average Bonchev–Trinajstić information content (AvgIpc) is 3.15. The summed E-state index contributed by atoms with van der Waals surface area (Å²) >= 11 is 7.10. The Morgan fingerprint density at radius 2 is 1.84 bits per heavy atom. The number of nitrogens with one attached hydrogen (secondary N) is 1. The van der Waals surface area contributed by atoms with Gasteiger partial charge in [0.05, 0.1) is 15.1 Å². The molecular weight excluding hydrogens is 456 g/mol. The van der Waals surface area contributed by atoms with E-state index in [4.69, 9.17) is 11.6 Å². The van der Waals surface area contributed by atoms with Crippen LogP contribution in [0.1, 0.15) is 5.56 Å². The van der Waals surface area contributed by atoms with Crippen molar-refractivity contribution in [2.24, 2.45) is 0 Å². The summed E-state index contributed by atoms with van der Waals surface area (Å²) in [6, 6.07) is 12.0. The first-order valence-corrected chi connectivity index (χ1v) is 12.3. The van der Waals surface area contributed by atoms with Crippen molar-refractivity contribution in [3.8, 4) is 0 Å². The van der Waals surface area contributed by atoms with Crippen molar-refractivity contribution in [2.75, 3.05) is 38.5 Å². The molecule has 4 rings (SSSR count). The van der Waals surface area contributed by atoms with Crippen LogP contribution in [-0.4, -0.2) is 61.7 Å². The highest BCUT2D eigenvalue weighted by Crippen LogP contribution is 2.29. The Balaban J connectivity index is 1.48. The number of piperazine rings is 1. The summed E-state index contributed by atoms with van der Waals surface area (Å²) in [6.45, 7) is 2.37. The van der Waals surface area contributed by atoms with Gasteiger partial charge >= 0.3 is 0 Å². The Bertz CT molecular complexity index is 1230. The maximum atomic E-state index is 13.0. The van der Waals surface area contributed by atoms with Crippen LogP contribution in [0.4, 0.5) is 5.13 Å². The first-order valence-electron chi connectivity index (χ1n) is 9.65. The number of carbonyl (C=O) groups is 1. The number of carbonyl (C=O) groups excluding carboxylic acids is 1. The van der Waals surface area contributed by atoms with E-state index in [2.05, 4.69) is 15.2 Å². The van der Waals surface area contributed by atoms with Gasteiger partial charge in [-0.2, -0.15) is 4.31 Å². The van der Waals surface area contributed by atoms with E-state index in [1.807, 2.05) is 19.2 Å². The maximum Gasteiger partial charge on any atom is 0.250 e. The molecule has 2 heterocycles. The molecule has 7 nitrogen and oxygen atoms in total. The number of halogens is 1.